The number of H-pyrrole nitrogens is 1. The zero-order chi connectivity index (χ0) is 13.1. The number of nitrogens with zero attached hydrogens (tertiary/aromatic N) is 1. The molecule has 2 aromatic rings. The Morgan fingerprint density at radius 2 is 2.17 bits per heavy atom. The van der Waals surface area contributed by atoms with Crippen LogP contribution in [-0.4, -0.2) is 16.5 Å². The van der Waals surface area contributed by atoms with Crippen LogP contribution < -0.4 is 11.3 Å². The lowest BCUT2D eigenvalue weighted by Gasteiger charge is -2.04. The number of benzene rings is 1. The van der Waals surface area contributed by atoms with Gasteiger partial charge in [-0.1, -0.05) is 0 Å². The first-order chi connectivity index (χ1) is 8.60. The summed E-state index contributed by atoms with van der Waals surface area (Å²) in [6.07, 6.45) is 0.527. The van der Waals surface area contributed by atoms with Gasteiger partial charge in [-0.2, -0.15) is 0 Å². The van der Waals surface area contributed by atoms with E-state index in [-0.39, 0.29) is 11.4 Å². The van der Waals surface area contributed by atoms with Crippen molar-refractivity contribution in [2.75, 3.05) is 6.54 Å². The third kappa shape index (κ3) is 2.83. The molecule has 0 radical (unpaired) electrons. The van der Waals surface area contributed by atoms with Crippen LogP contribution in [0.2, 0.25) is 0 Å². The van der Waals surface area contributed by atoms with Crippen molar-refractivity contribution in [3.63, 3.8) is 0 Å². The Labute approximate surface area is 111 Å². The van der Waals surface area contributed by atoms with Crippen LogP contribution in [0.15, 0.2) is 33.5 Å². The summed E-state index contributed by atoms with van der Waals surface area (Å²) in [5.74, 6) is 0.0471. The van der Waals surface area contributed by atoms with Crippen LogP contribution in [0.5, 0.6) is 0 Å². The summed E-state index contributed by atoms with van der Waals surface area (Å²) in [6, 6.07) is 5.86. The Hall–Kier alpha value is -1.53. The van der Waals surface area contributed by atoms with Crippen LogP contribution in [0.4, 0.5) is 4.39 Å². The molecule has 0 bridgehead atoms. The van der Waals surface area contributed by atoms with Crippen molar-refractivity contribution in [3.05, 3.63) is 50.6 Å². The lowest BCUT2D eigenvalue weighted by molar-refractivity contribution is 0.621. The molecule has 18 heavy (non-hydrogen) atoms. The van der Waals surface area contributed by atoms with Crippen LogP contribution >= 0.6 is 15.9 Å². The van der Waals surface area contributed by atoms with Gasteiger partial charge in [-0.3, -0.25) is 4.79 Å². The van der Waals surface area contributed by atoms with Crippen LogP contribution in [0.1, 0.15) is 5.69 Å². The molecule has 1 aromatic carbocycles. The van der Waals surface area contributed by atoms with Gasteiger partial charge in [-0.25, -0.2) is 9.37 Å². The van der Waals surface area contributed by atoms with E-state index in [9.17, 15) is 9.18 Å². The summed E-state index contributed by atoms with van der Waals surface area (Å²) in [4.78, 5) is 18.4. The van der Waals surface area contributed by atoms with Crippen molar-refractivity contribution < 1.29 is 4.39 Å². The minimum absolute atomic E-state index is 0.246. The minimum Gasteiger partial charge on any atom is -0.330 e. The highest BCUT2D eigenvalue weighted by atomic mass is 79.9. The van der Waals surface area contributed by atoms with E-state index < -0.39 is 0 Å². The maximum absolute atomic E-state index is 13.1. The van der Waals surface area contributed by atoms with Gasteiger partial charge in [-0.05, 0) is 40.7 Å². The van der Waals surface area contributed by atoms with Gasteiger partial charge < -0.3 is 10.7 Å². The van der Waals surface area contributed by atoms with Crippen molar-refractivity contribution in [1.82, 2.24) is 9.97 Å². The van der Waals surface area contributed by atoms with E-state index in [1.165, 1.54) is 12.1 Å². The van der Waals surface area contributed by atoms with Crippen LogP contribution in [0, 0.1) is 5.82 Å². The number of aromatic nitrogens is 2. The van der Waals surface area contributed by atoms with E-state index in [4.69, 9.17) is 5.73 Å². The van der Waals surface area contributed by atoms with Crippen molar-refractivity contribution in [3.8, 4) is 11.4 Å². The number of nitrogens with two attached hydrogens (primary N) is 1. The zero-order valence-electron chi connectivity index (χ0n) is 9.41. The number of hydrogen-bond donors (Lipinski definition) is 2. The topological polar surface area (TPSA) is 71.8 Å². The van der Waals surface area contributed by atoms with Gasteiger partial charge in [0.1, 0.15) is 11.6 Å². The van der Waals surface area contributed by atoms with Crippen LogP contribution in [0.3, 0.4) is 0 Å². The van der Waals surface area contributed by atoms with Crippen molar-refractivity contribution >= 4 is 15.9 Å². The van der Waals surface area contributed by atoms with Gasteiger partial charge in [0.05, 0.1) is 4.47 Å². The average molecular weight is 312 g/mol. The number of halogens is 2. The second-order valence-electron chi connectivity index (χ2n) is 3.75. The van der Waals surface area contributed by atoms with Crippen molar-refractivity contribution in [2.45, 2.75) is 6.42 Å². The van der Waals surface area contributed by atoms with Gasteiger partial charge in [-0.15, -0.1) is 0 Å². The molecule has 94 valence electrons. The summed E-state index contributed by atoms with van der Waals surface area (Å²) in [5.41, 5.74) is 6.45. The lowest BCUT2D eigenvalue weighted by Crippen LogP contribution is -2.13. The molecule has 3 N–H and O–H groups in total. The molecule has 4 nitrogen and oxygen atoms in total. The third-order valence-electron chi connectivity index (χ3n) is 2.39. The number of nitrogens with one attached hydrogen (secondary N) is 1. The molecule has 6 heteroatoms. The number of hydrogen-bond acceptors (Lipinski definition) is 3. The summed E-state index contributed by atoms with van der Waals surface area (Å²) in [7, 11) is 0. The minimum atomic E-state index is -0.362. The van der Waals surface area contributed by atoms with E-state index in [0.29, 0.717) is 34.5 Å². The fourth-order valence-corrected chi connectivity index (χ4v) is 1.94. The average Bonchev–Trinajstić information content (AvgIpc) is 2.32. The first-order valence-electron chi connectivity index (χ1n) is 5.36. The highest BCUT2D eigenvalue weighted by Crippen LogP contribution is 2.22. The predicted octanol–water partition coefficient (Wildman–Crippen LogP) is 1.84. The molecule has 0 atom stereocenters. The maximum Gasteiger partial charge on any atom is 0.251 e. The van der Waals surface area contributed by atoms with E-state index in [0.717, 1.165) is 0 Å². The third-order valence-corrected chi connectivity index (χ3v) is 3.00. The standard InChI is InChI=1S/C12H11BrFN3O/c13-9-5-7(1-2-10(9)14)12-16-8(3-4-15)6-11(18)17-12/h1-2,5-6H,3-4,15H2,(H,16,17,18). The molecule has 0 saturated heterocycles. The number of aromatic amines is 1. The molecule has 0 aliphatic rings. The Balaban J connectivity index is 2.49. The molecular formula is C12H11BrFN3O. The first-order valence-corrected chi connectivity index (χ1v) is 6.15. The quantitative estimate of drug-likeness (QED) is 0.908. The van der Waals surface area contributed by atoms with Gasteiger partial charge in [0, 0.05) is 23.7 Å². The molecule has 0 amide bonds. The zero-order valence-corrected chi connectivity index (χ0v) is 11.0. The van der Waals surface area contributed by atoms with Crippen molar-refractivity contribution in [2.24, 2.45) is 5.73 Å². The predicted molar refractivity (Wildman–Crippen MR) is 70.7 cm³/mol. The Morgan fingerprint density at radius 1 is 1.39 bits per heavy atom. The molecule has 0 spiro atoms. The molecule has 0 unspecified atom stereocenters. The molecule has 2 rings (SSSR count). The van der Waals surface area contributed by atoms with Crippen molar-refractivity contribution in [1.29, 1.82) is 0 Å². The van der Waals surface area contributed by atoms with Gasteiger partial charge in [0.2, 0.25) is 0 Å². The molecule has 0 saturated carbocycles. The molecule has 0 fully saturated rings. The van der Waals surface area contributed by atoms with Crippen LogP contribution in [-0.2, 0) is 6.42 Å². The lowest BCUT2D eigenvalue weighted by atomic mass is 10.2. The second-order valence-corrected chi connectivity index (χ2v) is 4.61. The van der Waals surface area contributed by atoms with E-state index in [2.05, 4.69) is 25.9 Å². The first kappa shape index (κ1) is 12.9. The highest BCUT2D eigenvalue weighted by molar-refractivity contribution is 9.10. The van der Waals surface area contributed by atoms with E-state index in [1.807, 2.05) is 0 Å². The molecule has 1 aromatic heterocycles. The molecule has 1 heterocycles. The summed E-state index contributed by atoms with van der Waals surface area (Å²) in [6.45, 7) is 0.420. The summed E-state index contributed by atoms with van der Waals surface area (Å²) < 4.78 is 13.5. The second kappa shape index (κ2) is 5.41. The number of rotatable bonds is 3. The maximum atomic E-state index is 13.1. The van der Waals surface area contributed by atoms with Crippen LogP contribution in [0.25, 0.3) is 11.4 Å². The highest BCUT2D eigenvalue weighted by Gasteiger charge is 2.06. The largest absolute Gasteiger partial charge is 0.330 e. The molecular weight excluding hydrogens is 301 g/mol. The van der Waals surface area contributed by atoms with E-state index in [1.54, 1.807) is 12.1 Å². The Morgan fingerprint density at radius 3 is 2.83 bits per heavy atom. The monoisotopic (exact) mass is 311 g/mol. The molecule has 0 aliphatic heterocycles. The SMILES string of the molecule is NCCc1cc(=O)[nH]c(-c2ccc(F)c(Br)c2)n1. The fraction of sp³-hybridized carbons (Fsp3) is 0.167. The summed E-state index contributed by atoms with van der Waals surface area (Å²) in [5, 5.41) is 0. The van der Waals surface area contributed by atoms with E-state index >= 15 is 0 Å². The van der Waals surface area contributed by atoms with Gasteiger partial charge in [0.25, 0.3) is 5.56 Å². The Kier molecular flexibility index (Phi) is 3.88. The normalized spacial score (nSPS) is 10.6. The van der Waals surface area contributed by atoms with Gasteiger partial charge in [0.15, 0.2) is 0 Å². The Bertz CT molecular complexity index is 627. The summed E-state index contributed by atoms with van der Waals surface area (Å²) >= 11 is 3.10. The fourth-order valence-electron chi connectivity index (χ4n) is 1.56. The molecule has 0 aliphatic carbocycles. The van der Waals surface area contributed by atoms with Gasteiger partial charge >= 0.3 is 0 Å². The smallest absolute Gasteiger partial charge is 0.251 e.